The quantitative estimate of drug-likeness (QED) is 0.763. The van der Waals surface area contributed by atoms with Crippen LogP contribution in [0.3, 0.4) is 0 Å². The molecule has 1 aromatic carbocycles. The molecule has 0 bridgehead atoms. The molecule has 0 aromatic heterocycles. The second kappa shape index (κ2) is 4.47. The molecule has 0 aliphatic heterocycles. The smallest absolute Gasteiger partial charge is 0.220 e. The maximum atomic E-state index is 11.4. The summed E-state index contributed by atoms with van der Waals surface area (Å²) in [7, 11) is 0. The minimum Gasteiger partial charge on any atom is -0.504 e. The van der Waals surface area contributed by atoms with Crippen molar-refractivity contribution in [3.63, 3.8) is 0 Å². The van der Waals surface area contributed by atoms with Crippen LogP contribution in [0, 0.1) is 0 Å². The third-order valence-corrected chi connectivity index (χ3v) is 3.19. The first kappa shape index (κ1) is 10.2. The van der Waals surface area contributed by atoms with Crippen molar-refractivity contribution in [1.82, 2.24) is 0 Å². The highest BCUT2D eigenvalue weighted by atomic mass is 16.3. The van der Waals surface area contributed by atoms with E-state index in [-0.39, 0.29) is 11.2 Å². The normalized spacial score (nSPS) is 17.6. The topological polar surface area (TPSA) is 37.3 Å². The van der Waals surface area contributed by atoms with Gasteiger partial charge in [0.05, 0.1) is 0 Å². The third-order valence-electron chi connectivity index (χ3n) is 3.19. The van der Waals surface area contributed by atoms with Gasteiger partial charge >= 0.3 is 0 Å². The lowest BCUT2D eigenvalue weighted by atomic mass is 9.84. The van der Waals surface area contributed by atoms with Crippen LogP contribution in [0.25, 0.3) is 0 Å². The lowest BCUT2D eigenvalue weighted by molar-refractivity contribution is 0.413. The van der Waals surface area contributed by atoms with Crippen LogP contribution < -0.4 is 5.43 Å². The minimum atomic E-state index is -0.263. The van der Waals surface area contributed by atoms with E-state index in [1.165, 1.54) is 25.3 Å². The molecule has 1 saturated carbocycles. The highest BCUT2D eigenvalue weighted by molar-refractivity contribution is 5.34. The van der Waals surface area contributed by atoms with E-state index in [1.54, 1.807) is 6.07 Å². The Morgan fingerprint density at radius 3 is 2.47 bits per heavy atom. The summed E-state index contributed by atoms with van der Waals surface area (Å²) >= 11 is 0. The van der Waals surface area contributed by atoms with Gasteiger partial charge in [0.25, 0.3) is 0 Å². The first-order valence-electron chi connectivity index (χ1n) is 5.61. The van der Waals surface area contributed by atoms with Crippen LogP contribution in [0.5, 0.6) is 5.75 Å². The zero-order valence-corrected chi connectivity index (χ0v) is 8.78. The molecule has 2 heteroatoms. The minimum absolute atomic E-state index is 0.0492. The molecule has 0 spiro atoms. The van der Waals surface area contributed by atoms with Gasteiger partial charge in [0.2, 0.25) is 5.43 Å². The average Bonchev–Trinajstić information content (AvgIpc) is 2.44. The third kappa shape index (κ3) is 2.20. The van der Waals surface area contributed by atoms with Crippen molar-refractivity contribution in [1.29, 1.82) is 0 Å². The lowest BCUT2D eigenvalue weighted by Gasteiger charge is -2.21. The van der Waals surface area contributed by atoms with Gasteiger partial charge in [-0.3, -0.25) is 4.79 Å². The summed E-state index contributed by atoms with van der Waals surface area (Å²) in [6, 6.07) is 6.83. The summed E-state index contributed by atoms with van der Waals surface area (Å²) in [5.74, 6) is 0.325. The van der Waals surface area contributed by atoms with Gasteiger partial charge in [0.1, 0.15) is 0 Å². The number of hydrogen-bond acceptors (Lipinski definition) is 2. The average molecular weight is 204 g/mol. The van der Waals surface area contributed by atoms with Crippen LogP contribution >= 0.6 is 0 Å². The SMILES string of the molecule is O=c1ccccc(C2CCCCC2)c1O. The fraction of sp³-hybridized carbons (Fsp3) is 0.462. The standard InChI is InChI=1S/C13H16O2/c14-12-9-5-4-8-11(13(12)15)10-6-2-1-3-7-10/h4-5,8-10H,1-3,6-7H2,(H,14,15). The summed E-state index contributed by atoms with van der Waals surface area (Å²) in [6.45, 7) is 0. The Hall–Kier alpha value is -1.31. The maximum absolute atomic E-state index is 11.4. The second-order valence-electron chi connectivity index (χ2n) is 4.22. The van der Waals surface area contributed by atoms with Crippen molar-refractivity contribution in [3.8, 4) is 5.75 Å². The Labute approximate surface area is 89.6 Å². The number of hydrogen-bond donors (Lipinski definition) is 1. The van der Waals surface area contributed by atoms with E-state index in [9.17, 15) is 9.90 Å². The molecule has 0 amide bonds. The fourth-order valence-electron chi connectivity index (χ4n) is 2.35. The summed E-state index contributed by atoms with van der Waals surface area (Å²) in [4.78, 5) is 11.4. The Bertz CT molecular complexity index is 392. The van der Waals surface area contributed by atoms with E-state index in [0.29, 0.717) is 5.92 Å². The van der Waals surface area contributed by atoms with E-state index in [2.05, 4.69) is 0 Å². The van der Waals surface area contributed by atoms with Crippen LogP contribution in [-0.2, 0) is 0 Å². The van der Waals surface area contributed by atoms with Crippen LogP contribution in [0.4, 0.5) is 0 Å². The molecule has 0 atom stereocenters. The van der Waals surface area contributed by atoms with Crippen LogP contribution in [-0.4, -0.2) is 5.11 Å². The van der Waals surface area contributed by atoms with Gasteiger partial charge in [0.15, 0.2) is 5.75 Å². The van der Waals surface area contributed by atoms with Gasteiger partial charge in [-0.15, -0.1) is 0 Å². The molecular weight excluding hydrogens is 188 g/mol. The highest BCUT2D eigenvalue weighted by Gasteiger charge is 2.18. The van der Waals surface area contributed by atoms with Crippen molar-refractivity contribution in [2.24, 2.45) is 0 Å². The lowest BCUT2D eigenvalue weighted by Crippen LogP contribution is -2.06. The largest absolute Gasteiger partial charge is 0.504 e. The van der Waals surface area contributed by atoms with E-state index < -0.39 is 0 Å². The molecule has 2 nitrogen and oxygen atoms in total. The van der Waals surface area contributed by atoms with E-state index >= 15 is 0 Å². The fourth-order valence-corrected chi connectivity index (χ4v) is 2.35. The molecule has 0 radical (unpaired) electrons. The molecule has 0 saturated heterocycles. The van der Waals surface area contributed by atoms with Gasteiger partial charge < -0.3 is 5.11 Å². The molecule has 80 valence electrons. The highest BCUT2D eigenvalue weighted by Crippen LogP contribution is 2.35. The molecule has 1 N–H and O–H groups in total. The van der Waals surface area contributed by atoms with Gasteiger partial charge in [-0.05, 0) is 24.8 Å². The Morgan fingerprint density at radius 1 is 1.07 bits per heavy atom. The summed E-state index contributed by atoms with van der Waals surface area (Å²) in [5, 5.41) is 9.80. The Morgan fingerprint density at radius 2 is 1.73 bits per heavy atom. The predicted octanol–water partition coefficient (Wildman–Crippen LogP) is 2.80. The summed E-state index contributed by atoms with van der Waals surface area (Å²) in [5.41, 5.74) is 0.574. The molecule has 1 aliphatic carbocycles. The van der Waals surface area contributed by atoms with Gasteiger partial charge in [-0.2, -0.15) is 0 Å². The van der Waals surface area contributed by atoms with Crippen molar-refractivity contribution in [2.45, 2.75) is 38.0 Å². The molecule has 1 fully saturated rings. The van der Waals surface area contributed by atoms with E-state index in [0.717, 1.165) is 18.4 Å². The molecule has 0 unspecified atom stereocenters. The van der Waals surface area contributed by atoms with Gasteiger partial charge in [-0.1, -0.05) is 37.5 Å². The molecule has 1 aromatic rings. The van der Waals surface area contributed by atoms with Crippen molar-refractivity contribution < 1.29 is 5.11 Å². The molecular formula is C13H16O2. The van der Waals surface area contributed by atoms with Crippen molar-refractivity contribution in [2.75, 3.05) is 0 Å². The molecule has 2 rings (SSSR count). The zero-order valence-electron chi connectivity index (χ0n) is 8.78. The first-order chi connectivity index (χ1) is 7.29. The van der Waals surface area contributed by atoms with E-state index in [1.807, 2.05) is 12.1 Å². The number of rotatable bonds is 1. The zero-order chi connectivity index (χ0) is 10.7. The Balaban J connectivity index is 2.39. The van der Waals surface area contributed by atoms with Gasteiger partial charge in [0, 0.05) is 5.56 Å². The predicted molar refractivity (Wildman–Crippen MR) is 60.2 cm³/mol. The Kier molecular flexibility index (Phi) is 3.05. The van der Waals surface area contributed by atoms with Crippen molar-refractivity contribution >= 4 is 0 Å². The number of aromatic hydroxyl groups is 1. The van der Waals surface area contributed by atoms with Crippen LogP contribution in [0.15, 0.2) is 29.1 Å². The van der Waals surface area contributed by atoms with E-state index in [4.69, 9.17) is 0 Å². The monoisotopic (exact) mass is 204 g/mol. The first-order valence-corrected chi connectivity index (χ1v) is 5.61. The van der Waals surface area contributed by atoms with Crippen molar-refractivity contribution in [3.05, 3.63) is 40.1 Å². The summed E-state index contributed by atoms with van der Waals surface area (Å²) in [6.07, 6.45) is 5.88. The molecule has 15 heavy (non-hydrogen) atoms. The molecule has 0 heterocycles. The van der Waals surface area contributed by atoms with Gasteiger partial charge in [-0.25, -0.2) is 0 Å². The molecule has 1 aliphatic rings. The second-order valence-corrected chi connectivity index (χ2v) is 4.22. The van der Waals surface area contributed by atoms with Crippen LogP contribution in [0.2, 0.25) is 0 Å². The van der Waals surface area contributed by atoms with Crippen LogP contribution in [0.1, 0.15) is 43.6 Å². The summed E-state index contributed by atoms with van der Waals surface area (Å²) < 4.78 is 0. The maximum Gasteiger partial charge on any atom is 0.220 e.